The number of carbonyl (C=O) groups is 2. The summed E-state index contributed by atoms with van der Waals surface area (Å²) < 4.78 is 16.0. The van der Waals surface area contributed by atoms with Crippen molar-refractivity contribution in [3.8, 4) is 11.5 Å². The summed E-state index contributed by atoms with van der Waals surface area (Å²) in [6, 6.07) is 2.28. The summed E-state index contributed by atoms with van der Waals surface area (Å²) in [7, 11) is 4.17. The van der Waals surface area contributed by atoms with E-state index in [0.29, 0.717) is 17.0 Å². The van der Waals surface area contributed by atoms with Gasteiger partial charge in [-0.3, -0.25) is 14.2 Å². The predicted octanol–water partition coefficient (Wildman–Crippen LogP) is 0.0914. The Labute approximate surface area is 143 Å². The van der Waals surface area contributed by atoms with Crippen LogP contribution >= 0.6 is 0 Å². The van der Waals surface area contributed by atoms with E-state index in [2.05, 4.69) is 15.0 Å². The second kappa shape index (κ2) is 7.65. The molecule has 0 aliphatic carbocycles. The zero-order chi connectivity index (χ0) is 18.6. The number of amides is 1. The molecular formula is C16H19N3O6. The van der Waals surface area contributed by atoms with Crippen molar-refractivity contribution in [2.24, 2.45) is 0 Å². The topological polar surface area (TPSA) is 109 Å². The van der Waals surface area contributed by atoms with Crippen molar-refractivity contribution < 1.29 is 23.8 Å². The molecule has 9 nitrogen and oxygen atoms in total. The third kappa shape index (κ3) is 3.87. The number of methoxy groups -OCH3 is 3. The third-order valence-corrected chi connectivity index (χ3v) is 3.58. The predicted molar refractivity (Wildman–Crippen MR) is 88.7 cm³/mol. The lowest BCUT2D eigenvalue weighted by Gasteiger charge is -2.13. The number of hydrogen-bond donors (Lipinski definition) is 1. The Morgan fingerprint density at radius 3 is 2.44 bits per heavy atom. The molecule has 0 saturated heterocycles. The summed E-state index contributed by atoms with van der Waals surface area (Å²) in [6.07, 6.45) is 1.26. The molecule has 2 aromatic rings. The van der Waals surface area contributed by atoms with E-state index in [1.165, 1.54) is 40.6 Å². The van der Waals surface area contributed by atoms with Crippen molar-refractivity contribution in [3.05, 3.63) is 28.8 Å². The van der Waals surface area contributed by atoms with E-state index in [1.807, 2.05) is 0 Å². The van der Waals surface area contributed by atoms with Crippen molar-refractivity contribution >= 4 is 22.8 Å². The molecular weight excluding hydrogens is 330 g/mol. The second-order valence-corrected chi connectivity index (χ2v) is 5.21. The smallest absolute Gasteiger partial charge is 0.328 e. The van der Waals surface area contributed by atoms with Gasteiger partial charge in [-0.05, 0) is 13.0 Å². The minimum absolute atomic E-state index is 0.280. The molecule has 1 amide bonds. The van der Waals surface area contributed by atoms with E-state index in [1.54, 1.807) is 6.07 Å². The number of carbonyl (C=O) groups excluding carboxylic acids is 2. The lowest BCUT2D eigenvalue weighted by Crippen LogP contribution is -2.42. The van der Waals surface area contributed by atoms with Crippen molar-refractivity contribution in [1.82, 2.24) is 14.9 Å². The van der Waals surface area contributed by atoms with Crippen molar-refractivity contribution in [3.63, 3.8) is 0 Å². The average Bonchev–Trinajstić information content (AvgIpc) is 2.62. The molecule has 0 aliphatic rings. The molecule has 1 atom stereocenters. The number of esters is 1. The zero-order valence-electron chi connectivity index (χ0n) is 14.4. The summed E-state index contributed by atoms with van der Waals surface area (Å²) in [5.74, 6) is -0.254. The Hall–Kier alpha value is -3.10. The third-order valence-electron chi connectivity index (χ3n) is 3.58. The average molecular weight is 349 g/mol. The highest BCUT2D eigenvalue weighted by Crippen LogP contribution is 2.29. The largest absolute Gasteiger partial charge is 0.493 e. The number of nitrogens with one attached hydrogen (secondary N) is 1. The maximum absolute atomic E-state index is 12.6. The number of nitrogens with zero attached hydrogens (tertiary/aromatic N) is 2. The SMILES string of the molecule is COC(=O)C(C)NC(=O)Cn1cnc2cc(OC)c(OC)cc2c1=O. The van der Waals surface area contributed by atoms with Gasteiger partial charge in [0.05, 0.1) is 38.6 Å². The molecule has 0 radical (unpaired) electrons. The summed E-state index contributed by atoms with van der Waals surface area (Å²) >= 11 is 0. The first-order valence-corrected chi connectivity index (χ1v) is 7.39. The quantitative estimate of drug-likeness (QED) is 0.736. The maximum atomic E-state index is 12.6. The summed E-state index contributed by atoms with van der Waals surface area (Å²) in [6.45, 7) is 1.21. The van der Waals surface area contributed by atoms with Crippen LogP contribution in [0.25, 0.3) is 10.9 Å². The van der Waals surface area contributed by atoms with Crippen LogP contribution in [0.1, 0.15) is 6.92 Å². The van der Waals surface area contributed by atoms with E-state index in [-0.39, 0.29) is 11.9 Å². The van der Waals surface area contributed by atoms with Crippen LogP contribution < -0.4 is 20.3 Å². The Balaban J connectivity index is 2.31. The first-order chi connectivity index (χ1) is 11.9. The number of hydrogen-bond acceptors (Lipinski definition) is 7. The molecule has 1 aromatic carbocycles. The van der Waals surface area contributed by atoms with Gasteiger partial charge < -0.3 is 19.5 Å². The first-order valence-electron chi connectivity index (χ1n) is 7.39. The fourth-order valence-corrected chi connectivity index (χ4v) is 2.28. The highest BCUT2D eigenvalue weighted by atomic mass is 16.5. The molecule has 0 fully saturated rings. The molecule has 25 heavy (non-hydrogen) atoms. The van der Waals surface area contributed by atoms with Gasteiger partial charge in [0.2, 0.25) is 5.91 Å². The van der Waals surface area contributed by atoms with Gasteiger partial charge in [-0.1, -0.05) is 0 Å². The van der Waals surface area contributed by atoms with Gasteiger partial charge in [-0.15, -0.1) is 0 Å². The summed E-state index contributed by atoms with van der Waals surface area (Å²) in [4.78, 5) is 40.1. The molecule has 2 rings (SSSR count). The maximum Gasteiger partial charge on any atom is 0.328 e. The Bertz CT molecular complexity index is 861. The minimum atomic E-state index is -0.814. The monoisotopic (exact) mass is 349 g/mol. The molecule has 9 heteroatoms. The molecule has 1 N–H and O–H groups in total. The van der Waals surface area contributed by atoms with E-state index in [0.717, 1.165) is 4.57 Å². The van der Waals surface area contributed by atoms with Gasteiger partial charge >= 0.3 is 5.97 Å². The highest BCUT2D eigenvalue weighted by molar-refractivity contribution is 5.85. The zero-order valence-corrected chi connectivity index (χ0v) is 14.4. The molecule has 0 saturated carbocycles. The fourth-order valence-electron chi connectivity index (χ4n) is 2.28. The van der Waals surface area contributed by atoms with Crippen molar-refractivity contribution in [2.45, 2.75) is 19.5 Å². The van der Waals surface area contributed by atoms with E-state index < -0.39 is 23.5 Å². The Morgan fingerprint density at radius 1 is 1.20 bits per heavy atom. The van der Waals surface area contributed by atoms with Gasteiger partial charge in [0.15, 0.2) is 11.5 Å². The number of ether oxygens (including phenoxy) is 3. The molecule has 0 spiro atoms. The molecule has 1 unspecified atom stereocenters. The fraction of sp³-hybridized carbons (Fsp3) is 0.375. The summed E-state index contributed by atoms with van der Waals surface area (Å²) in [5, 5.41) is 2.74. The number of aromatic nitrogens is 2. The first kappa shape index (κ1) is 18.2. The van der Waals surface area contributed by atoms with Crippen LogP contribution in [-0.2, 0) is 20.9 Å². The van der Waals surface area contributed by atoms with Crippen molar-refractivity contribution in [1.29, 1.82) is 0 Å². The normalized spacial score (nSPS) is 11.7. The Kier molecular flexibility index (Phi) is 5.58. The highest BCUT2D eigenvalue weighted by Gasteiger charge is 2.17. The lowest BCUT2D eigenvalue weighted by atomic mass is 10.2. The Morgan fingerprint density at radius 2 is 1.84 bits per heavy atom. The van der Waals surface area contributed by atoms with Gasteiger partial charge in [-0.25, -0.2) is 9.78 Å². The van der Waals surface area contributed by atoms with E-state index >= 15 is 0 Å². The molecule has 1 heterocycles. The van der Waals surface area contributed by atoms with Gasteiger partial charge in [0.25, 0.3) is 5.56 Å². The van der Waals surface area contributed by atoms with Crippen LogP contribution in [0.5, 0.6) is 11.5 Å². The van der Waals surface area contributed by atoms with Crippen LogP contribution in [0.15, 0.2) is 23.3 Å². The van der Waals surface area contributed by atoms with Gasteiger partial charge in [0.1, 0.15) is 12.6 Å². The van der Waals surface area contributed by atoms with Crippen LogP contribution in [0, 0.1) is 0 Å². The standard InChI is InChI=1S/C16H19N3O6/c1-9(16(22)25-4)18-14(20)7-19-8-17-11-6-13(24-3)12(23-2)5-10(11)15(19)21/h5-6,8-9H,7H2,1-4H3,(H,18,20). The van der Waals surface area contributed by atoms with Crippen LogP contribution in [0.4, 0.5) is 0 Å². The van der Waals surface area contributed by atoms with Crippen molar-refractivity contribution in [2.75, 3.05) is 21.3 Å². The summed E-state index contributed by atoms with van der Waals surface area (Å²) in [5.41, 5.74) is 0.00839. The minimum Gasteiger partial charge on any atom is -0.493 e. The molecule has 134 valence electrons. The van der Waals surface area contributed by atoms with Gasteiger partial charge in [-0.2, -0.15) is 0 Å². The van der Waals surface area contributed by atoms with Crippen LogP contribution in [-0.4, -0.2) is 48.8 Å². The van der Waals surface area contributed by atoms with Crippen LogP contribution in [0.2, 0.25) is 0 Å². The lowest BCUT2D eigenvalue weighted by molar-refractivity contribution is -0.144. The number of fused-ring (bicyclic) bond motifs is 1. The molecule has 0 aliphatic heterocycles. The van der Waals surface area contributed by atoms with E-state index in [4.69, 9.17) is 9.47 Å². The van der Waals surface area contributed by atoms with Crippen LogP contribution in [0.3, 0.4) is 0 Å². The number of benzene rings is 1. The van der Waals surface area contributed by atoms with E-state index in [9.17, 15) is 14.4 Å². The second-order valence-electron chi connectivity index (χ2n) is 5.21. The number of rotatable bonds is 6. The molecule has 1 aromatic heterocycles. The molecule has 0 bridgehead atoms. The van der Waals surface area contributed by atoms with Gasteiger partial charge in [0, 0.05) is 6.07 Å².